The van der Waals surface area contributed by atoms with Gasteiger partial charge in [-0.05, 0) is 31.0 Å². The van der Waals surface area contributed by atoms with Crippen LogP contribution in [0.3, 0.4) is 0 Å². The molecule has 7 nitrogen and oxygen atoms in total. The van der Waals surface area contributed by atoms with E-state index < -0.39 is 10.0 Å². The second-order valence-corrected chi connectivity index (χ2v) is 9.92. The lowest BCUT2D eigenvalue weighted by Gasteiger charge is -2.21. The highest BCUT2D eigenvalue weighted by molar-refractivity contribution is 7.89. The Bertz CT molecular complexity index is 1190. The molecule has 2 aliphatic heterocycles. The van der Waals surface area contributed by atoms with Crippen molar-refractivity contribution in [2.24, 2.45) is 0 Å². The average molecular weight is 440 g/mol. The summed E-state index contributed by atoms with van der Waals surface area (Å²) in [6.07, 6.45) is 2.62. The van der Waals surface area contributed by atoms with E-state index in [1.54, 1.807) is 22.5 Å². The summed E-state index contributed by atoms with van der Waals surface area (Å²) >= 11 is 0. The number of aryl methyl sites for hydroxylation is 1. The van der Waals surface area contributed by atoms with Gasteiger partial charge in [0.15, 0.2) is 11.5 Å². The van der Waals surface area contributed by atoms with E-state index >= 15 is 0 Å². The molecular weight excluding hydrogens is 414 g/mol. The first-order valence-electron chi connectivity index (χ1n) is 10.5. The van der Waals surface area contributed by atoms with Crippen molar-refractivity contribution in [2.75, 3.05) is 26.3 Å². The van der Waals surface area contributed by atoms with E-state index in [9.17, 15) is 8.42 Å². The number of nitrogens with zero attached hydrogens (tertiary/aromatic N) is 3. The van der Waals surface area contributed by atoms with Crippen LogP contribution >= 0.6 is 0 Å². The minimum atomic E-state index is -3.62. The van der Waals surface area contributed by atoms with Crippen LogP contribution in [0.1, 0.15) is 29.4 Å². The second-order valence-electron chi connectivity index (χ2n) is 7.98. The van der Waals surface area contributed by atoms with Gasteiger partial charge in [0, 0.05) is 43.5 Å². The van der Waals surface area contributed by atoms with Crippen LogP contribution < -0.4 is 9.47 Å². The summed E-state index contributed by atoms with van der Waals surface area (Å²) in [7, 11) is -3.62. The Morgan fingerprint density at radius 3 is 2.65 bits per heavy atom. The molecule has 3 heterocycles. The summed E-state index contributed by atoms with van der Waals surface area (Å²) in [5, 5.41) is 0. The molecule has 8 heteroatoms. The maximum Gasteiger partial charge on any atom is 0.243 e. The van der Waals surface area contributed by atoms with Gasteiger partial charge in [-0.25, -0.2) is 13.4 Å². The minimum absolute atomic E-state index is 0.0596. The first-order chi connectivity index (χ1) is 15.0. The van der Waals surface area contributed by atoms with E-state index in [0.717, 1.165) is 24.5 Å². The zero-order valence-electron chi connectivity index (χ0n) is 17.4. The molecule has 31 heavy (non-hydrogen) atoms. The zero-order chi connectivity index (χ0) is 21.4. The number of rotatable bonds is 5. The van der Waals surface area contributed by atoms with Gasteiger partial charge in [0.05, 0.1) is 4.90 Å². The third-order valence-electron chi connectivity index (χ3n) is 5.94. The number of hydrogen-bond donors (Lipinski definition) is 0. The highest BCUT2D eigenvalue weighted by Crippen LogP contribution is 2.36. The maximum atomic E-state index is 13.3. The molecule has 162 valence electrons. The number of fused-ring (bicyclic) bond motifs is 1. The van der Waals surface area contributed by atoms with Crippen LogP contribution in [0.4, 0.5) is 0 Å². The molecule has 1 saturated heterocycles. The predicted octanol–water partition coefficient (Wildman–Crippen LogP) is 3.19. The standard InChI is InChI=1S/C23H25N3O4S/c1-17-14-24-23(26(17)15-18-5-3-2-4-6-18)19-9-10-25(16-19)31(27,28)20-7-8-21-22(13-20)30-12-11-29-21/h2-8,13-14,19H,9-12,15-16H2,1H3. The fourth-order valence-corrected chi connectivity index (χ4v) is 5.78. The normalized spacial score (nSPS) is 18.9. The SMILES string of the molecule is Cc1cnc(C2CCN(S(=O)(=O)c3ccc4c(c3)OCCO4)C2)n1Cc1ccccc1. The summed E-state index contributed by atoms with van der Waals surface area (Å²) in [5.41, 5.74) is 2.27. The monoisotopic (exact) mass is 439 g/mol. The van der Waals surface area contributed by atoms with Gasteiger partial charge in [-0.15, -0.1) is 0 Å². The predicted molar refractivity (Wildman–Crippen MR) is 116 cm³/mol. The molecule has 0 N–H and O–H groups in total. The summed E-state index contributed by atoms with van der Waals surface area (Å²) in [6, 6.07) is 15.1. The fraction of sp³-hybridized carbons (Fsp3) is 0.348. The van der Waals surface area contributed by atoms with E-state index in [1.165, 1.54) is 5.56 Å². The number of benzene rings is 2. The number of imidazole rings is 1. The second kappa shape index (κ2) is 8.01. The van der Waals surface area contributed by atoms with Gasteiger partial charge in [0.2, 0.25) is 10.0 Å². The topological polar surface area (TPSA) is 73.7 Å². The zero-order valence-corrected chi connectivity index (χ0v) is 18.2. The lowest BCUT2D eigenvalue weighted by molar-refractivity contribution is 0.171. The van der Waals surface area contributed by atoms with Crippen molar-refractivity contribution in [1.82, 2.24) is 13.9 Å². The van der Waals surface area contributed by atoms with Crippen molar-refractivity contribution < 1.29 is 17.9 Å². The van der Waals surface area contributed by atoms with E-state index in [1.807, 2.05) is 31.3 Å². The van der Waals surface area contributed by atoms with Crippen molar-refractivity contribution in [3.8, 4) is 11.5 Å². The van der Waals surface area contributed by atoms with E-state index in [4.69, 9.17) is 9.47 Å². The van der Waals surface area contributed by atoms with Crippen molar-refractivity contribution in [3.05, 3.63) is 71.8 Å². The smallest absolute Gasteiger partial charge is 0.243 e. The molecule has 0 aliphatic carbocycles. The van der Waals surface area contributed by atoms with Crippen molar-refractivity contribution in [3.63, 3.8) is 0 Å². The molecule has 2 aromatic carbocycles. The summed E-state index contributed by atoms with van der Waals surface area (Å²) < 4.78 is 41.4. The Labute approximate surface area is 182 Å². The Morgan fingerprint density at radius 1 is 1.06 bits per heavy atom. The number of aromatic nitrogens is 2. The fourth-order valence-electron chi connectivity index (χ4n) is 4.27. The molecule has 2 aliphatic rings. The third-order valence-corrected chi connectivity index (χ3v) is 7.80. The van der Waals surface area contributed by atoms with Crippen LogP contribution in [0.5, 0.6) is 11.5 Å². The van der Waals surface area contributed by atoms with Gasteiger partial charge in [-0.3, -0.25) is 0 Å². The van der Waals surface area contributed by atoms with Crippen molar-refractivity contribution >= 4 is 10.0 Å². The maximum absolute atomic E-state index is 13.3. The number of sulfonamides is 1. The number of ether oxygens (including phenoxy) is 2. The molecule has 0 amide bonds. The van der Waals surface area contributed by atoms with E-state index in [-0.39, 0.29) is 10.8 Å². The summed E-state index contributed by atoms with van der Waals surface area (Å²) in [4.78, 5) is 4.88. The van der Waals surface area contributed by atoms with Gasteiger partial charge in [-0.1, -0.05) is 30.3 Å². The molecule has 0 radical (unpaired) electrons. The molecule has 1 unspecified atom stereocenters. The largest absolute Gasteiger partial charge is 0.486 e. The van der Waals surface area contributed by atoms with Crippen molar-refractivity contribution in [2.45, 2.75) is 30.7 Å². The Balaban J connectivity index is 1.37. The highest BCUT2D eigenvalue weighted by Gasteiger charge is 2.36. The molecule has 5 rings (SSSR count). The molecule has 0 bridgehead atoms. The van der Waals surface area contributed by atoms with Crippen molar-refractivity contribution in [1.29, 1.82) is 0 Å². The molecule has 1 fully saturated rings. The lowest BCUT2D eigenvalue weighted by atomic mass is 10.1. The quantitative estimate of drug-likeness (QED) is 0.611. The molecule has 1 aromatic heterocycles. The van der Waals surface area contributed by atoms with E-state index in [2.05, 4.69) is 21.7 Å². The van der Waals surface area contributed by atoms with Crippen LogP contribution in [0.15, 0.2) is 59.6 Å². The van der Waals surface area contributed by atoms with Gasteiger partial charge < -0.3 is 14.0 Å². The molecule has 0 spiro atoms. The number of hydrogen-bond acceptors (Lipinski definition) is 5. The third kappa shape index (κ3) is 3.81. The van der Waals surface area contributed by atoms with Crippen LogP contribution in [-0.4, -0.2) is 48.6 Å². The Kier molecular flexibility index (Phi) is 5.19. The minimum Gasteiger partial charge on any atom is -0.486 e. The van der Waals surface area contributed by atoms with Crippen LogP contribution in [-0.2, 0) is 16.6 Å². The van der Waals surface area contributed by atoms with Gasteiger partial charge >= 0.3 is 0 Å². The molecule has 0 saturated carbocycles. The lowest BCUT2D eigenvalue weighted by Crippen LogP contribution is -2.29. The van der Waals surface area contributed by atoms with Crippen LogP contribution in [0, 0.1) is 6.92 Å². The summed E-state index contributed by atoms with van der Waals surface area (Å²) in [6.45, 7) is 4.56. The molecule has 3 aromatic rings. The van der Waals surface area contributed by atoms with Gasteiger partial charge in [0.1, 0.15) is 19.0 Å². The highest BCUT2D eigenvalue weighted by atomic mass is 32.2. The van der Waals surface area contributed by atoms with Crippen LogP contribution in [0.25, 0.3) is 0 Å². The molecule has 1 atom stereocenters. The van der Waals surface area contributed by atoms with E-state index in [0.29, 0.717) is 37.8 Å². The molecular formula is C23H25N3O4S. The Morgan fingerprint density at radius 2 is 1.84 bits per heavy atom. The first kappa shape index (κ1) is 20.1. The van der Waals surface area contributed by atoms with Crippen LogP contribution in [0.2, 0.25) is 0 Å². The Hall–Kier alpha value is -2.84. The average Bonchev–Trinajstić information content (AvgIpc) is 3.42. The summed E-state index contributed by atoms with van der Waals surface area (Å²) in [5.74, 6) is 2.07. The van der Waals surface area contributed by atoms with Gasteiger partial charge in [-0.2, -0.15) is 4.31 Å². The van der Waals surface area contributed by atoms with Gasteiger partial charge in [0.25, 0.3) is 0 Å². The first-order valence-corrected chi connectivity index (χ1v) is 11.9.